The summed E-state index contributed by atoms with van der Waals surface area (Å²) < 4.78 is 5.99. The quantitative estimate of drug-likeness (QED) is 0.475. The van der Waals surface area contributed by atoms with E-state index in [0.717, 1.165) is 0 Å². The largest absolute Gasteiger partial charge is 0.507 e. The lowest BCUT2D eigenvalue weighted by atomic mass is 10.0. The summed E-state index contributed by atoms with van der Waals surface area (Å²) in [6.07, 6.45) is 1.26. The highest BCUT2D eigenvalue weighted by Crippen LogP contribution is 2.37. The van der Waals surface area contributed by atoms with Crippen molar-refractivity contribution in [1.29, 1.82) is 0 Å². The molecule has 0 bridgehead atoms. The van der Waals surface area contributed by atoms with Gasteiger partial charge in [0.15, 0.2) is 0 Å². The molecule has 1 atom stereocenters. The van der Waals surface area contributed by atoms with Crippen molar-refractivity contribution in [2.24, 2.45) is 5.10 Å². The molecule has 0 saturated carbocycles. The average Bonchev–Trinajstić information content (AvgIpc) is 3.27. The van der Waals surface area contributed by atoms with Crippen LogP contribution in [0.3, 0.4) is 0 Å². The first kappa shape index (κ1) is 23.1. The molecule has 2 amide bonds. The minimum Gasteiger partial charge on any atom is -0.507 e. The molecule has 0 aliphatic carbocycles. The second-order valence-electron chi connectivity index (χ2n) is 7.63. The maximum atomic E-state index is 12.4. The Morgan fingerprint density at radius 3 is 2.50 bits per heavy atom. The highest BCUT2D eigenvalue weighted by Gasteiger charge is 2.35. The Morgan fingerprint density at radius 2 is 1.85 bits per heavy atom. The van der Waals surface area contributed by atoms with Crippen molar-refractivity contribution in [3.63, 3.8) is 0 Å². The van der Waals surface area contributed by atoms with E-state index < -0.39 is 6.23 Å². The molecule has 0 aromatic heterocycles. The molecule has 2 N–H and O–H groups in total. The summed E-state index contributed by atoms with van der Waals surface area (Å²) in [5.74, 6) is -0.336. The summed E-state index contributed by atoms with van der Waals surface area (Å²) >= 11 is 5.87. The molecular weight excluding hydrogens is 454 g/mol. The van der Waals surface area contributed by atoms with Gasteiger partial charge in [-0.15, -0.1) is 11.7 Å². The second-order valence-corrected chi connectivity index (χ2v) is 8.06. The Morgan fingerprint density at radius 1 is 1.15 bits per heavy atom. The van der Waals surface area contributed by atoms with Crippen LogP contribution in [0.5, 0.6) is 5.75 Å². The number of phenolic OH excluding ortho intramolecular Hbond substituents is 1. The van der Waals surface area contributed by atoms with Crippen LogP contribution < -0.4 is 5.32 Å². The number of rotatable bonds is 6. The molecule has 1 aliphatic rings. The Labute approximate surface area is 201 Å². The number of nitrogens with zero attached hydrogens (tertiary/aromatic N) is 2. The van der Waals surface area contributed by atoms with E-state index in [1.54, 1.807) is 72.8 Å². The molecule has 0 unspecified atom stereocenters. The lowest BCUT2D eigenvalue weighted by molar-refractivity contribution is -0.135. The van der Waals surface area contributed by atoms with Crippen LogP contribution >= 0.6 is 11.6 Å². The standard InChI is InChI=1S/C26H22ClN3O4/c1-3-5-17-6-4-7-22(23(17)32)26-30(16(2)31)29-25(34-26)19-10-14-21(15-11-19)28-24(33)18-8-12-20(27)13-9-18/h3-4,6-15,26,32H,1,5H2,2H3,(H,28,33)/t26-/m1/s1. The fourth-order valence-corrected chi connectivity index (χ4v) is 3.64. The molecule has 3 aromatic rings. The monoisotopic (exact) mass is 475 g/mol. The van der Waals surface area contributed by atoms with Crippen molar-refractivity contribution in [3.05, 3.63) is 107 Å². The van der Waals surface area contributed by atoms with Gasteiger partial charge in [0.1, 0.15) is 5.75 Å². The van der Waals surface area contributed by atoms with E-state index in [4.69, 9.17) is 16.3 Å². The van der Waals surface area contributed by atoms with Gasteiger partial charge in [-0.2, -0.15) is 5.01 Å². The molecule has 34 heavy (non-hydrogen) atoms. The molecule has 0 radical (unpaired) electrons. The van der Waals surface area contributed by atoms with Crippen LogP contribution in [0.1, 0.15) is 40.2 Å². The van der Waals surface area contributed by atoms with Crippen molar-refractivity contribution < 1.29 is 19.4 Å². The molecule has 3 aromatic carbocycles. The van der Waals surface area contributed by atoms with Crippen LogP contribution in [0.15, 0.2) is 84.5 Å². The number of carbonyl (C=O) groups is 2. The van der Waals surface area contributed by atoms with Gasteiger partial charge >= 0.3 is 0 Å². The van der Waals surface area contributed by atoms with E-state index >= 15 is 0 Å². The summed E-state index contributed by atoms with van der Waals surface area (Å²) in [7, 11) is 0. The molecule has 0 saturated heterocycles. The van der Waals surface area contributed by atoms with Gasteiger partial charge in [-0.05, 0) is 66.6 Å². The Kier molecular flexibility index (Phi) is 6.65. The number of phenols is 1. The number of hydrogen-bond acceptors (Lipinski definition) is 5. The van der Waals surface area contributed by atoms with E-state index in [9.17, 15) is 14.7 Å². The van der Waals surface area contributed by atoms with Crippen LogP contribution in [-0.4, -0.2) is 27.8 Å². The minimum atomic E-state index is -0.901. The molecule has 0 fully saturated rings. The number of hydrogen-bond donors (Lipinski definition) is 2. The van der Waals surface area contributed by atoms with E-state index in [0.29, 0.717) is 39.4 Å². The molecule has 1 heterocycles. The van der Waals surface area contributed by atoms with Crippen LogP contribution in [0.4, 0.5) is 5.69 Å². The zero-order valence-corrected chi connectivity index (χ0v) is 19.1. The number of hydrazone groups is 1. The summed E-state index contributed by atoms with van der Waals surface area (Å²) in [6, 6.07) is 18.7. The first-order valence-electron chi connectivity index (χ1n) is 10.5. The van der Waals surface area contributed by atoms with Gasteiger partial charge in [-0.3, -0.25) is 9.59 Å². The topological polar surface area (TPSA) is 91.2 Å². The SMILES string of the molecule is C=CCc1cccc([C@H]2OC(c3ccc(NC(=O)c4ccc(Cl)cc4)cc3)=NN2C(C)=O)c1O. The van der Waals surface area contributed by atoms with Crippen molar-refractivity contribution in [2.75, 3.05) is 5.32 Å². The first-order valence-corrected chi connectivity index (χ1v) is 10.9. The van der Waals surface area contributed by atoms with E-state index in [1.165, 1.54) is 11.9 Å². The number of carbonyl (C=O) groups excluding carboxylic acids is 2. The van der Waals surface area contributed by atoms with Gasteiger partial charge in [0.2, 0.25) is 18.0 Å². The summed E-state index contributed by atoms with van der Waals surface area (Å²) in [4.78, 5) is 24.7. The Bertz CT molecular complexity index is 1270. The number of allylic oxidation sites excluding steroid dienone is 1. The molecule has 0 spiro atoms. The third-order valence-corrected chi connectivity index (χ3v) is 5.50. The molecule has 7 nitrogen and oxygen atoms in total. The maximum absolute atomic E-state index is 12.4. The Balaban J connectivity index is 1.53. The molecule has 1 aliphatic heterocycles. The number of anilines is 1. The predicted octanol–water partition coefficient (Wildman–Crippen LogP) is 5.27. The normalized spacial score (nSPS) is 14.8. The number of para-hydroxylation sites is 1. The third kappa shape index (κ3) is 4.79. The lowest BCUT2D eigenvalue weighted by Gasteiger charge is -2.21. The molecular formula is C26H22ClN3O4. The van der Waals surface area contributed by atoms with Crippen molar-refractivity contribution in [2.45, 2.75) is 19.6 Å². The number of ether oxygens (including phenoxy) is 1. The highest BCUT2D eigenvalue weighted by atomic mass is 35.5. The molecule has 172 valence electrons. The van der Waals surface area contributed by atoms with E-state index in [1.807, 2.05) is 0 Å². The number of benzene rings is 3. The van der Waals surface area contributed by atoms with Crippen molar-refractivity contribution >= 4 is 35.0 Å². The average molecular weight is 476 g/mol. The fourth-order valence-electron chi connectivity index (χ4n) is 3.52. The number of aromatic hydroxyl groups is 1. The van der Waals surface area contributed by atoms with Gasteiger partial charge in [0, 0.05) is 28.8 Å². The third-order valence-electron chi connectivity index (χ3n) is 5.24. The zero-order valence-electron chi connectivity index (χ0n) is 18.4. The van der Waals surface area contributed by atoms with Gasteiger partial charge < -0.3 is 15.2 Å². The van der Waals surface area contributed by atoms with Gasteiger partial charge in [-0.25, -0.2) is 0 Å². The summed E-state index contributed by atoms with van der Waals surface area (Å²) in [5, 5.41) is 19.6. The van der Waals surface area contributed by atoms with Crippen LogP contribution in [0, 0.1) is 0 Å². The number of amides is 2. The van der Waals surface area contributed by atoms with Gasteiger partial charge in [0.05, 0.1) is 5.56 Å². The van der Waals surface area contributed by atoms with E-state index in [2.05, 4.69) is 17.0 Å². The number of nitrogens with one attached hydrogen (secondary N) is 1. The molecule has 4 rings (SSSR count). The number of halogens is 1. The fraction of sp³-hybridized carbons (Fsp3) is 0.115. The summed E-state index contributed by atoms with van der Waals surface area (Å²) in [6.45, 7) is 5.08. The Hall–Kier alpha value is -4.10. The smallest absolute Gasteiger partial charge is 0.255 e. The van der Waals surface area contributed by atoms with Crippen LogP contribution in [-0.2, 0) is 16.0 Å². The van der Waals surface area contributed by atoms with Crippen molar-refractivity contribution in [1.82, 2.24) is 5.01 Å². The molecule has 8 heteroatoms. The van der Waals surface area contributed by atoms with Crippen LogP contribution in [0.2, 0.25) is 5.02 Å². The minimum absolute atomic E-state index is 0.0374. The predicted molar refractivity (Wildman–Crippen MR) is 131 cm³/mol. The maximum Gasteiger partial charge on any atom is 0.255 e. The van der Waals surface area contributed by atoms with Crippen molar-refractivity contribution in [3.8, 4) is 5.75 Å². The second kappa shape index (κ2) is 9.80. The van der Waals surface area contributed by atoms with Gasteiger partial charge in [0.25, 0.3) is 5.91 Å². The highest BCUT2D eigenvalue weighted by molar-refractivity contribution is 6.30. The van der Waals surface area contributed by atoms with Gasteiger partial charge in [-0.1, -0.05) is 29.8 Å². The van der Waals surface area contributed by atoms with E-state index in [-0.39, 0.29) is 23.5 Å². The first-order chi connectivity index (χ1) is 16.4. The lowest BCUT2D eigenvalue weighted by Crippen LogP contribution is -2.25. The summed E-state index contributed by atoms with van der Waals surface area (Å²) in [5.41, 5.74) is 2.78. The van der Waals surface area contributed by atoms with Crippen LogP contribution in [0.25, 0.3) is 0 Å². The zero-order chi connectivity index (χ0) is 24.2.